The Hall–Kier alpha value is -2.92. The normalized spacial score (nSPS) is 22.7. The molecular formula is C26H27FN2O2. The summed E-state index contributed by atoms with van der Waals surface area (Å²) in [5.41, 5.74) is 4.34. The number of anilines is 1. The van der Waals surface area contributed by atoms with E-state index in [0.29, 0.717) is 22.6 Å². The molecule has 0 spiro atoms. The highest BCUT2D eigenvalue weighted by molar-refractivity contribution is 6.32. The summed E-state index contributed by atoms with van der Waals surface area (Å²) in [6.45, 7) is 7.32. The molecule has 0 saturated carbocycles. The number of allylic oxidation sites excluding steroid dienone is 1. The van der Waals surface area contributed by atoms with Gasteiger partial charge in [0.1, 0.15) is 17.2 Å². The maximum Gasteiger partial charge on any atom is 0.260 e. The van der Waals surface area contributed by atoms with Crippen LogP contribution in [-0.4, -0.2) is 29.5 Å². The van der Waals surface area contributed by atoms with Gasteiger partial charge in [-0.2, -0.15) is 0 Å². The van der Waals surface area contributed by atoms with E-state index in [1.165, 1.54) is 50.0 Å². The van der Waals surface area contributed by atoms with Gasteiger partial charge in [-0.1, -0.05) is 30.7 Å². The average molecular weight is 419 g/mol. The smallest absolute Gasteiger partial charge is 0.260 e. The zero-order chi connectivity index (χ0) is 21.6. The third-order valence-electron chi connectivity index (χ3n) is 6.38. The number of hydrogen-bond donors (Lipinski definition) is 1. The number of likely N-dealkylation sites (tertiary alicyclic amines) is 1. The predicted octanol–water partition coefficient (Wildman–Crippen LogP) is 5.37. The highest BCUT2D eigenvalue weighted by Gasteiger charge is 2.38. The largest absolute Gasteiger partial charge is 0.482 e. The molecule has 4 nitrogen and oxygen atoms in total. The van der Waals surface area contributed by atoms with Gasteiger partial charge in [-0.3, -0.25) is 9.69 Å². The molecule has 2 aromatic rings. The van der Waals surface area contributed by atoms with Crippen molar-refractivity contribution >= 4 is 22.7 Å². The fourth-order valence-corrected chi connectivity index (χ4v) is 4.77. The number of benzene rings is 2. The second kappa shape index (κ2) is 7.65. The van der Waals surface area contributed by atoms with Crippen molar-refractivity contribution in [1.82, 2.24) is 4.90 Å². The predicted molar refractivity (Wildman–Crippen MR) is 121 cm³/mol. The number of piperidine rings is 1. The van der Waals surface area contributed by atoms with E-state index < -0.39 is 5.60 Å². The highest BCUT2D eigenvalue weighted by Crippen LogP contribution is 2.44. The van der Waals surface area contributed by atoms with Crippen LogP contribution in [0.5, 0.6) is 0 Å². The number of hydrogen-bond acceptors (Lipinski definition) is 3. The SMILES string of the molecule is CC1(C)OC(=C2C(=O)Nc3ccc(F)cc32)C=C1c1ccc(CN2CCCCC2)cc1. The van der Waals surface area contributed by atoms with Crippen molar-refractivity contribution in [2.24, 2.45) is 0 Å². The van der Waals surface area contributed by atoms with Gasteiger partial charge in [-0.05, 0) is 75.2 Å². The zero-order valence-electron chi connectivity index (χ0n) is 18.0. The van der Waals surface area contributed by atoms with Crippen LogP contribution < -0.4 is 5.32 Å². The second-order valence-corrected chi connectivity index (χ2v) is 9.09. The van der Waals surface area contributed by atoms with Gasteiger partial charge in [-0.15, -0.1) is 0 Å². The molecule has 1 fully saturated rings. The van der Waals surface area contributed by atoms with E-state index in [9.17, 15) is 9.18 Å². The molecule has 1 N–H and O–H groups in total. The fourth-order valence-electron chi connectivity index (χ4n) is 4.77. The molecule has 3 aliphatic rings. The Bertz CT molecular complexity index is 1090. The van der Waals surface area contributed by atoms with Gasteiger partial charge in [0.25, 0.3) is 5.91 Å². The van der Waals surface area contributed by atoms with Crippen molar-refractivity contribution < 1.29 is 13.9 Å². The number of carbonyl (C=O) groups excluding carboxylic acids is 1. The number of ether oxygens (including phenoxy) is 1. The van der Waals surface area contributed by atoms with Crippen LogP contribution in [0, 0.1) is 5.82 Å². The zero-order valence-corrected chi connectivity index (χ0v) is 18.0. The highest BCUT2D eigenvalue weighted by atomic mass is 19.1. The van der Waals surface area contributed by atoms with Crippen molar-refractivity contribution in [3.63, 3.8) is 0 Å². The van der Waals surface area contributed by atoms with Crippen molar-refractivity contribution in [2.75, 3.05) is 18.4 Å². The lowest BCUT2D eigenvalue weighted by molar-refractivity contribution is -0.111. The summed E-state index contributed by atoms with van der Waals surface area (Å²) in [6, 6.07) is 12.9. The molecule has 0 aromatic heterocycles. The average Bonchev–Trinajstić information content (AvgIpc) is 3.23. The molecule has 0 atom stereocenters. The molecule has 0 radical (unpaired) electrons. The number of rotatable bonds is 3. The van der Waals surface area contributed by atoms with Gasteiger partial charge in [-0.25, -0.2) is 4.39 Å². The maximum atomic E-state index is 13.8. The molecule has 5 heteroatoms. The lowest BCUT2D eigenvalue weighted by Gasteiger charge is -2.26. The molecule has 1 saturated heterocycles. The van der Waals surface area contributed by atoms with E-state index in [1.807, 2.05) is 19.9 Å². The monoisotopic (exact) mass is 418 g/mol. The van der Waals surface area contributed by atoms with Gasteiger partial charge in [0, 0.05) is 23.4 Å². The molecule has 3 heterocycles. The third kappa shape index (κ3) is 3.79. The van der Waals surface area contributed by atoms with Crippen LogP contribution in [0.4, 0.5) is 10.1 Å². The van der Waals surface area contributed by atoms with Crippen LogP contribution in [0.25, 0.3) is 11.1 Å². The van der Waals surface area contributed by atoms with Gasteiger partial charge in [0.05, 0.1) is 5.57 Å². The lowest BCUT2D eigenvalue weighted by Crippen LogP contribution is -2.29. The Morgan fingerprint density at radius 3 is 2.55 bits per heavy atom. The molecule has 0 aliphatic carbocycles. The number of nitrogens with zero attached hydrogens (tertiary/aromatic N) is 1. The molecule has 5 rings (SSSR count). The maximum absolute atomic E-state index is 13.8. The van der Waals surface area contributed by atoms with Crippen LogP contribution in [0.15, 0.2) is 54.3 Å². The number of amides is 1. The summed E-state index contributed by atoms with van der Waals surface area (Å²) in [5, 5.41) is 2.80. The van der Waals surface area contributed by atoms with E-state index in [1.54, 1.807) is 6.07 Å². The van der Waals surface area contributed by atoms with Crippen LogP contribution in [-0.2, 0) is 16.1 Å². The minimum absolute atomic E-state index is 0.263. The molecule has 1 amide bonds. The van der Waals surface area contributed by atoms with Crippen molar-refractivity contribution in [3.05, 3.63) is 76.8 Å². The molecule has 3 aliphatic heterocycles. The Morgan fingerprint density at radius 1 is 1.06 bits per heavy atom. The summed E-state index contributed by atoms with van der Waals surface area (Å²) in [6.07, 6.45) is 5.84. The number of carbonyl (C=O) groups is 1. The van der Waals surface area contributed by atoms with Crippen LogP contribution in [0.3, 0.4) is 0 Å². The van der Waals surface area contributed by atoms with E-state index in [4.69, 9.17) is 4.74 Å². The van der Waals surface area contributed by atoms with Gasteiger partial charge < -0.3 is 10.1 Å². The Morgan fingerprint density at radius 2 is 1.81 bits per heavy atom. The van der Waals surface area contributed by atoms with Crippen LogP contribution in [0.2, 0.25) is 0 Å². The molecule has 31 heavy (non-hydrogen) atoms. The van der Waals surface area contributed by atoms with Crippen molar-refractivity contribution in [3.8, 4) is 0 Å². The molecule has 0 bridgehead atoms. The summed E-state index contributed by atoms with van der Waals surface area (Å²) in [5.74, 6) is -0.154. The first-order chi connectivity index (χ1) is 14.9. The number of halogens is 1. The Balaban J connectivity index is 1.46. The number of nitrogens with one attached hydrogen (secondary N) is 1. The van der Waals surface area contributed by atoms with E-state index in [-0.39, 0.29) is 11.7 Å². The first kappa shape index (κ1) is 20.0. The third-order valence-corrected chi connectivity index (χ3v) is 6.38. The van der Waals surface area contributed by atoms with Crippen LogP contribution in [0.1, 0.15) is 49.8 Å². The van der Waals surface area contributed by atoms with Gasteiger partial charge in [0.15, 0.2) is 0 Å². The van der Waals surface area contributed by atoms with Gasteiger partial charge >= 0.3 is 0 Å². The Kier molecular flexibility index (Phi) is 4.94. The standard InChI is InChI=1S/C26H27FN2O2/c1-26(2)21(18-8-6-17(7-9-18)16-29-12-4-3-5-13-29)15-23(31-26)24-20-14-19(27)10-11-22(20)28-25(24)30/h6-11,14-15H,3-5,12-13,16H2,1-2H3,(H,28,30). The van der Waals surface area contributed by atoms with Crippen LogP contribution >= 0.6 is 0 Å². The van der Waals surface area contributed by atoms with E-state index in [2.05, 4.69) is 34.5 Å². The minimum atomic E-state index is -0.590. The van der Waals surface area contributed by atoms with Crippen molar-refractivity contribution in [1.29, 1.82) is 0 Å². The van der Waals surface area contributed by atoms with E-state index in [0.717, 1.165) is 17.7 Å². The summed E-state index contributed by atoms with van der Waals surface area (Å²) in [7, 11) is 0. The van der Waals surface area contributed by atoms with Crippen molar-refractivity contribution in [2.45, 2.75) is 45.3 Å². The minimum Gasteiger partial charge on any atom is -0.482 e. The fraction of sp³-hybridized carbons (Fsp3) is 0.346. The lowest BCUT2D eigenvalue weighted by atomic mass is 9.91. The second-order valence-electron chi connectivity index (χ2n) is 9.09. The topological polar surface area (TPSA) is 41.6 Å². The summed E-state index contributed by atoms with van der Waals surface area (Å²) in [4.78, 5) is 15.1. The summed E-state index contributed by atoms with van der Waals surface area (Å²) >= 11 is 0. The van der Waals surface area contributed by atoms with Gasteiger partial charge in [0.2, 0.25) is 0 Å². The first-order valence-corrected chi connectivity index (χ1v) is 11.0. The number of fused-ring (bicyclic) bond motifs is 1. The first-order valence-electron chi connectivity index (χ1n) is 11.0. The molecular weight excluding hydrogens is 391 g/mol. The quantitative estimate of drug-likeness (QED) is 0.682. The molecule has 160 valence electrons. The van der Waals surface area contributed by atoms with E-state index >= 15 is 0 Å². The summed E-state index contributed by atoms with van der Waals surface area (Å²) < 4.78 is 20.0. The molecule has 2 aromatic carbocycles. The molecule has 0 unspecified atom stereocenters. The Labute approximate surface area is 182 Å².